The molecule has 0 fully saturated rings. The molecule has 0 atom stereocenters. The van der Waals surface area contributed by atoms with E-state index in [2.05, 4.69) is 35.1 Å². The second-order valence-electron chi connectivity index (χ2n) is 6.95. The average molecular weight is 507 g/mol. The monoisotopic (exact) mass is 507 g/mol. The third-order valence-electron chi connectivity index (χ3n) is 4.51. The van der Waals surface area contributed by atoms with Crippen molar-refractivity contribution < 1.29 is 41.4 Å². The maximum Gasteiger partial charge on any atom is 0.573 e. The van der Waals surface area contributed by atoms with Gasteiger partial charge in [0.2, 0.25) is 11.7 Å². The number of carbonyl (C=O) groups excluding carboxylic acids is 3. The molecular formula is C22H17F4N5O5. The number of nitrogens with one attached hydrogen (secondary N) is 2. The van der Waals surface area contributed by atoms with Crippen LogP contribution in [0.3, 0.4) is 0 Å². The zero-order valence-electron chi connectivity index (χ0n) is 18.6. The number of Topliss-reactive ketones (excluding diaryl/α,β-unsaturated/α-hetero) is 1. The molecule has 0 aliphatic heterocycles. The Morgan fingerprint density at radius 1 is 1.25 bits per heavy atom. The highest BCUT2D eigenvalue weighted by Gasteiger charge is 2.33. The molecule has 0 unspecified atom stereocenters. The van der Waals surface area contributed by atoms with Gasteiger partial charge in [-0.1, -0.05) is 12.2 Å². The summed E-state index contributed by atoms with van der Waals surface area (Å²) in [7, 11) is 2.36. The van der Waals surface area contributed by atoms with Gasteiger partial charge in [0.1, 0.15) is 11.3 Å². The van der Waals surface area contributed by atoms with Crippen LogP contribution in [0.5, 0.6) is 5.75 Å². The summed E-state index contributed by atoms with van der Waals surface area (Å²) in [5.74, 6) is -4.69. The van der Waals surface area contributed by atoms with Crippen LogP contribution in [0, 0.1) is 5.82 Å². The molecule has 1 aliphatic rings. The van der Waals surface area contributed by atoms with Gasteiger partial charge < -0.3 is 20.1 Å². The number of alkyl halides is 3. The molecule has 14 heteroatoms. The maximum absolute atomic E-state index is 14.3. The van der Waals surface area contributed by atoms with Gasteiger partial charge in [-0.15, -0.1) is 13.2 Å². The number of halogens is 4. The Kier molecular flexibility index (Phi) is 7.77. The number of ether oxygens (including phenoxy) is 2. The van der Waals surface area contributed by atoms with Crippen molar-refractivity contribution >= 4 is 40.8 Å². The third kappa shape index (κ3) is 6.49. The van der Waals surface area contributed by atoms with Crippen LogP contribution in [0.25, 0.3) is 0 Å². The molecule has 0 radical (unpaired) electrons. The molecule has 2 aromatic rings. The zero-order valence-corrected chi connectivity index (χ0v) is 18.6. The molecule has 1 aromatic heterocycles. The Morgan fingerprint density at radius 2 is 2.00 bits per heavy atom. The second-order valence-corrected chi connectivity index (χ2v) is 6.95. The van der Waals surface area contributed by atoms with E-state index in [4.69, 9.17) is 0 Å². The number of ketones is 1. The Labute approximate surface area is 200 Å². The Bertz CT molecular complexity index is 1300. The topological polar surface area (TPSA) is 132 Å². The number of carbonyl (C=O) groups is 3. The Balaban J connectivity index is 1.91. The highest BCUT2D eigenvalue weighted by molar-refractivity contribution is 6.48. The maximum atomic E-state index is 14.3. The lowest BCUT2D eigenvalue weighted by Crippen LogP contribution is -2.22. The van der Waals surface area contributed by atoms with Crippen LogP contribution in [0.4, 0.5) is 35.0 Å². The second kappa shape index (κ2) is 10.8. The van der Waals surface area contributed by atoms with E-state index in [1.165, 1.54) is 13.1 Å². The molecule has 10 nitrogen and oxygen atoms in total. The molecule has 188 valence electrons. The van der Waals surface area contributed by atoms with Gasteiger partial charge in [-0.2, -0.15) is 4.98 Å². The van der Waals surface area contributed by atoms with E-state index in [0.29, 0.717) is 0 Å². The first-order valence-electron chi connectivity index (χ1n) is 10.0. The van der Waals surface area contributed by atoms with E-state index in [9.17, 15) is 31.9 Å². The van der Waals surface area contributed by atoms with Gasteiger partial charge in [0.05, 0.1) is 19.0 Å². The number of nitrogens with zero attached hydrogens (tertiary/aromatic N) is 3. The first-order chi connectivity index (χ1) is 17.0. The lowest BCUT2D eigenvalue weighted by molar-refractivity contribution is -0.274. The number of rotatable bonds is 6. The summed E-state index contributed by atoms with van der Waals surface area (Å²) in [6, 6.07) is 2.88. The molecule has 0 bridgehead atoms. The quantitative estimate of drug-likeness (QED) is 0.346. The fourth-order valence-electron chi connectivity index (χ4n) is 2.90. The van der Waals surface area contributed by atoms with Gasteiger partial charge in [0.15, 0.2) is 11.6 Å². The molecule has 1 aromatic carbocycles. The molecule has 36 heavy (non-hydrogen) atoms. The van der Waals surface area contributed by atoms with Crippen LogP contribution >= 0.6 is 0 Å². The van der Waals surface area contributed by atoms with E-state index in [-0.39, 0.29) is 29.3 Å². The van der Waals surface area contributed by atoms with Crippen LogP contribution in [0.15, 0.2) is 53.2 Å². The van der Waals surface area contributed by atoms with Crippen molar-refractivity contribution in [3.8, 4) is 5.75 Å². The normalized spacial score (nSPS) is 15.7. The number of aromatic nitrogens is 2. The number of methoxy groups -OCH3 is 1. The number of hydrogen-bond donors (Lipinski definition) is 2. The van der Waals surface area contributed by atoms with E-state index in [1.54, 1.807) is 6.08 Å². The standard InChI is InChI=1S/C22H17F4N5O5/c1-27-17(32)8-11-4-3-5-15(18(11)33)30-21-28-10-14(23)19(31-21)29-12-6-7-16(36-22(24,25)26)13(9-12)20(34)35-2/h3-4,6-10H,5H2,1-2H3,(H,27,32)(H,28,29,31). The van der Waals surface area contributed by atoms with Crippen LogP contribution in [0.1, 0.15) is 16.8 Å². The first kappa shape index (κ1) is 26.0. The van der Waals surface area contributed by atoms with Gasteiger partial charge in [-0.05, 0) is 18.2 Å². The molecule has 0 spiro atoms. The molecule has 1 aliphatic carbocycles. The fourth-order valence-corrected chi connectivity index (χ4v) is 2.90. The zero-order chi connectivity index (χ0) is 26.5. The summed E-state index contributed by atoms with van der Waals surface area (Å²) >= 11 is 0. The SMILES string of the molecule is CNC(=O)C=C1C=CCC(=Nc2ncc(F)c(Nc3ccc(OC(F)(F)F)c(C(=O)OC)c3)n2)C1=O. The highest BCUT2D eigenvalue weighted by Crippen LogP contribution is 2.30. The molecule has 3 rings (SSSR count). The van der Waals surface area contributed by atoms with Gasteiger partial charge in [-0.3, -0.25) is 9.59 Å². The molecular weight excluding hydrogens is 490 g/mol. The van der Waals surface area contributed by atoms with Gasteiger partial charge in [0.25, 0.3) is 5.95 Å². The van der Waals surface area contributed by atoms with Crippen molar-refractivity contribution in [1.82, 2.24) is 15.3 Å². The predicted molar refractivity (Wildman–Crippen MR) is 118 cm³/mol. The molecule has 0 saturated carbocycles. The number of allylic oxidation sites excluding steroid dienone is 3. The lowest BCUT2D eigenvalue weighted by atomic mass is 9.98. The highest BCUT2D eigenvalue weighted by atomic mass is 19.4. The van der Waals surface area contributed by atoms with Crippen molar-refractivity contribution in [3.63, 3.8) is 0 Å². The van der Waals surface area contributed by atoms with Crippen molar-refractivity contribution in [3.05, 3.63) is 59.6 Å². The number of esters is 1. The van der Waals surface area contributed by atoms with E-state index in [1.807, 2.05) is 0 Å². The van der Waals surface area contributed by atoms with Crippen molar-refractivity contribution in [2.45, 2.75) is 12.8 Å². The third-order valence-corrected chi connectivity index (χ3v) is 4.51. The van der Waals surface area contributed by atoms with Crippen LogP contribution in [-0.4, -0.2) is 53.9 Å². The summed E-state index contributed by atoms with van der Waals surface area (Å²) in [6.07, 6.45) is -0.0441. The summed E-state index contributed by atoms with van der Waals surface area (Å²) in [5.41, 5.74) is -0.540. The van der Waals surface area contributed by atoms with E-state index < -0.39 is 47.0 Å². The number of benzene rings is 1. The minimum atomic E-state index is -5.06. The predicted octanol–water partition coefficient (Wildman–Crippen LogP) is 3.32. The molecule has 0 saturated heterocycles. The van der Waals surface area contributed by atoms with Gasteiger partial charge >= 0.3 is 12.3 Å². The summed E-state index contributed by atoms with van der Waals surface area (Å²) < 4.78 is 60.6. The molecule has 2 N–H and O–H groups in total. The summed E-state index contributed by atoms with van der Waals surface area (Å²) in [4.78, 5) is 47.7. The van der Waals surface area contributed by atoms with Crippen LogP contribution < -0.4 is 15.4 Å². The van der Waals surface area contributed by atoms with E-state index >= 15 is 0 Å². The van der Waals surface area contributed by atoms with Crippen molar-refractivity contribution in [2.24, 2.45) is 4.99 Å². The molecule has 1 amide bonds. The lowest BCUT2D eigenvalue weighted by Gasteiger charge is -2.14. The number of aliphatic imine (C=N–C) groups is 1. The van der Waals surface area contributed by atoms with E-state index in [0.717, 1.165) is 37.6 Å². The fraction of sp³-hybridized carbons (Fsp3) is 0.182. The van der Waals surface area contributed by atoms with Crippen molar-refractivity contribution in [1.29, 1.82) is 0 Å². The number of hydrogen-bond acceptors (Lipinski definition) is 9. The molecule has 1 heterocycles. The summed E-state index contributed by atoms with van der Waals surface area (Å²) in [5, 5.41) is 4.86. The smallest absolute Gasteiger partial charge is 0.465 e. The van der Waals surface area contributed by atoms with Gasteiger partial charge in [-0.25, -0.2) is 19.2 Å². The Morgan fingerprint density at radius 3 is 2.67 bits per heavy atom. The minimum absolute atomic E-state index is 0.00755. The van der Waals surface area contributed by atoms with Gasteiger partial charge in [0, 0.05) is 30.8 Å². The summed E-state index contributed by atoms with van der Waals surface area (Å²) in [6.45, 7) is 0. The van der Waals surface area contributed by atoms with Crippen LogP contribution in [-0.2, 0) is 14.3 Å². The Hall–Kier alpha value is -4.62. The number of anilines is 2. The largest absolute Gasteiger partial charge is 0.573 e. The number of amides is 1. The average Bonchev–Trinajstić information content (AvgIpc) is 2.83. The first-order valence-corrected chi connectivity index (χ1v) is 10.0. The van der Waals surface area contributed by atoms with Crippen LogP contribution in [0.2, 0.25) is 0 Å². The number of likely N-dealkylation sites (N-methyl/N-ethyl adjacent to an activating group) is 1. The minimum Gasteiger partial charge on any atom is -0.465 e. The van der Waals surface area contributed by atoms with Crippen molar-refractivity contribution in [2.75, 3.05) is 19.5 Å².